The van der Waals surface area contributed by atoms with Crippen molar-refractivity contribution in [2.24, 2.45) is 0 Å². The second-order valence-electron chi connectivity index (χ2n) is 2.96. The van der Waals surface area contributed by atoms with Gasteiger partial charge in [-0.15, -0.1) is 11.6 Å². The van der Waals surface area contributed by atoms with Gasteiger partial charge in [0.25, 0.3) is 0 Å². The molecular formula is C10H19Cl. The maximum atomic E-state index is 5.73. The van der Waals surface area contributed by atoms with Crippen LogP contribution >= 0.6 is 11.6 Å². The van der Waals surface area contributed by atoms with E-state index in [1.54, 1.807) is 0 Å². The minimum atomic E-state index is 0.196. The van der Waals surface area contributed by atoms with E-state index in [1.165, 1.54) is 32.1 Å². The third-order valence-electron chi connectivity index (χ3n) is 1.63. The predicted molar refractivity (Wildman–Crippen MR) is 53.2 cm³/mol. The Morgan fingerprint density at radius 3 is 2.55 bits per heavy atom. The fourth-order valence-electron chi connectivity index (χ4n) is 0.973. The van der Waals surface area contributed by atoms with Crippen molar-refractivity contribution in [1.29, 1.82) is 0 Å². The van der Waals surface area contributed by atoms with Crippen LogP contribution in [0.4, 0.5) is 0 Å². The first-order valence-electron chi connectivity index (χ1n) is 4.58. The molecule has 1 heteroatoms. The highest BCUT2D eigenvalue weighted by Crippen LogP contribution is 2.04. The van der Waals surface area contributed by atoms with Crippen LogP contribution in [0.2, 0.25) is 0 Å². The van der Waals surface area contributed by atoms with Gasteiger partial charge in [-0.05, 0) is 19.8 Å². The van der Waals surface area contributed by atoms with Crippen molar-refractivity contribution < 1.29 is 0 Å². The first kappa shape index (κ1) is 11.0. The van der Waals surface area contributed by atoms with Crippen molar-refractivity contribution in [2.45, 2.75) is 51.3 Å². The van der Waals surface area contributed by atoms with Crippen LogP contribution in [-0.4, -0.2) is 5.38 Å². The molecule has 0 spiro atoms. The third kappa shape index (κ3) is 10.0. The maximum absolute atomic E-state index is 5.73. The summed E-state index contributed by atoms with van der Waals surface area (Å²) in [5.41, 5.74) is 0. The average molecular weight is 175 g/mol. The lowest BCUT2D eigenvalue weighted by atomic mass is 10.1. The zero-order valence-corrected chi connectivity index (χ0v) is 8.40. The van der Waals surface area contributed by atoms with Crippen LogP contribution in [0.1, 0.15) is 46.0 Å². The molecule has 0 radical (unpaired) electrons. The van der Waals surface area contributed by atoms with Gasteiger partial charge in [-0.25, -0.2) is 0 Å². The Labute approximate surface area is 75.6 Å². The van der Waals surface area contributed by atoms with E-state index in [-0.39, 0.29) is 5.38 Å². The Balaban J connectivity index is 3.01. The molecule has 11 heavy (non-hydrogen) atoms. The lowest BCUT2D eigenvalue weighted by molar-refractivity contribution is 0.674. The summed E-state index contributed by atoms with van der Waals surface area (Å²) in [5.74, 6) is 0. The Morgan fingerprint density at radius 1 is 1.27 bits per heavy atom. The molecule has 0 aromatic carbocycles. The molecule has 0 heterocycles. The second-order valence-corrected chi connectivity index (χ2v) is 3.64. The van der Waals surface area contributed by atoms with Gasteiger partial charge in [0.1, 0.15) is 0 Å². The Hall–Kier alpha value is 0.0300. The van der Waals surface area contributed by atoms with Crippen molar-refractivity contribution >= 4 is 11.6 Å². The van der Waals surface area contributed by atoms with E-state index in [0.717, 1.165) is 0 Å². The number of rotatable bonds is 6. The first-order valence-corrected chi connectivity index (χ1v) is 5.01. The van der Waals surface area contributed by atoms with E-state index in [2.05, 4.69) is 19.1 Å². The van der Waals surface area contributed by atoms with Crippen molar-refractivity contribution in [3.8, 4) is 0 Å². The lowest BCUT2D eigenvalue weighted by Gasteiger charge is -1.94. The first-order chi connectivity index (χ1) is 5.27. The van der Waals surface area contributed by atoms with Gasteiger partial charge in [0.15, 0.2) is 0 Å². The molecule has 66 valence electrons. The van der Waals surface area contributed by atoms with Gasteiger partial charge in [-0.2, -0.15) is 0 Å². The summed E-state index contributed by atoms with van der Waals surface area (Å²) in [6, 6.07) is 0. The van der Waals surface area contributed by atoms with Gasteiger partial charge in [0, 0.05) is 5.38 Å². The molecule has 0 bridgehead atoms. The standard InChI is InChI=1S/C10H19Cl/c1-3-4-5-6-7-8-9-10(2)11/h8-10H,3-7H2,1-2H3/b9-8+. The molecule has 0 saturated heterocycles. The number of hydrogen-bond acceptors (Lipinski definition) is 0. The maximum Gasteiger partial charge on any atom is 0.0487 e. The van der Waals surface area contributed by atoms with E-state index >= 15 is 0 Å². The van der Waals surface area contributed by atoms with Crippen molar-refractivity contribution in [3.05, 3.63) is 12.2 Å². The summed E-state index contributed by atoms with van der Waals surface area (Å²) >= 11 is 5.73. The highest BCUT2D eigenvalue weighted by Gasteiger charge is 1.86. The summed E-state index contributed by atoms with van der Waals surface area (Å²) in [4.78, 5) is 0. The Bertz CT molecular complexity index is 95.0. The highest BCUT2D eigenvalue weighted by atomic mass is 35.5. The molecule has 0 rings (SSSR count). The van der Waals surface area contributed by atoms with Gasteiger partial charge in [-0.3, -0.25) is 0 Å². The zero-order chi connectivity index (χ0) is 8.53. The molecule has 0 amide bonds. The summed E-state index contributed by atoms with van der Waals surface area (Å²) in [7, 11) is 0. The zero-order valence-electron chi connectivity index (χ0n) is 7.65. The van der Waals surface area contributed by atoms with Crippen LogP contribution in [0.3, 0.4) is 0 Å². The molecule has 0 aliphatic rings. The Morgan fingerprint density at radius 2 is 2.00 bits per heavy atom. The van der Waals surface area contributed by atoms with Gasteiger partial charge in [0.05, 0.1) is 0 Å². The molecule has 0 N–H and O–H groups in total. The molecule has 0 aliphatic carbocycles. The minimum absolute atomic E-state index is 0.196. The smallest absolute Gasteiger partial charge is 0.0487 e. The third-order valence-corrected chi connectivity index (χ3v) is 1.77. The van der Waals surface area contributed by atoms with Crippen molar-refractivity contribution in [3.63, 3.8) is 0 Å². The molecule has 1 unspecified atom stereocenters. The number of allylic oxidation sites excluding steroid dienone is 2. The molecule has 0 aromatic heterocycles. The summed E-state index contributed by atoms with van der Waals surface area (Å²) in [6.45, 7) is 4.22. The molecule has 1 atom stereocenters. The summed E-state index contributed by atoms with van der Waals surface area (Å²) < 4.78 is 0. The number of alkyl halides is 1. The fourth-order valence-corrected chi connectivity index (χ4v) is 1.08. The quantitative estimate of drug-likeness (QED) is 0.323. The SMILES string of the molecule is CCCCCC/C=C/C(C)Cl. The van der Waals surface area contributed by atoms with Crippen molar-refractivity contribution in [2.75, 3.05) is 0 Å². The molecule has 0 aliphatic heterocycles. The lowest BCUT2D eigenvalue weighted by Crippen LogP contribution is -1.81. The van der Waals surface area contributed by atoms with E-state index in [1.807, 2.05) is 6.92 Å². The van der Waals surface area contributed by atoms with Gasteiger partial charge in [-0.1, -0.05) is 38.3 Å². The second kappa shape index (κ2) is 8.13. The average Bonchev–Trinajstić information content (AvgIpc) is 1.96. The van der Waals surface area contributed by atoms with E-state index in [0.29, 0.717) is 0 Å². The van der Waals surface area contributed by atoms with Crippen LogP contribution in [-0.2, 0) is 0 Å². The monoisotopic (exact) mass is 174 g/mol. The summed E-state index contributed by atoms with van der Waals surface area (Å²) in [6.07, 6.45) is 10.8. The van der Waals surface area contributed by atoms with Crippen LogP contribution in [0, 0.1) is 0 Å². The van der Waals surface area contributed by atoms with Crippen LogP contribution in [0.15, 0.2) is 12.2 Å². The topological polar surface area (TPSA) is 0 Å². The van der Waals surface area contributed by atoms with Crippen LogP contribution in [0.5, 0.6) is 0 Å². The molecular weight excluding hydrogens is 156 g/mol. The molecule has 0 nitrogen and oxygen atoms in total. The van der Waals surface area contributed by atoms with E-state index in [4.69, 9.17) is 11.6 Å². The normalized spacial score (nSPS) is 14.1. The van der Waals surface area contributed by atoms with Gasteiger partial charge in [0.2, 0.25) is 0 Å². The predicted octanol–water partition coefficient (Wildman–Crippen LogP) is 4.14. The minimum Gasteiger partial charge on any atom is -0.119 e. The molecule has 0 fully saturated rings. The number of hydrogen-bond donors (Lipinski definition) is 0. The molecule has 0 aromatic rings. The van der Waals surface area contributed by atoms with E-state index < -0.39 is 0 Å². The summed E-state index contributed by atoms with van der Waals surface area (Å²) in [5, 5.41) is 0.196. The van der Waals surface area contributed by atoms with Gasteiger partial charge >= 0.3 is 0 Å². The number of unbranched alkanes of at least 4 members (excludes halogenated alkanes) is 4. The Kier molecular flexibility index (Phi) is 8.15. The van der Waals surface area contributed by atoms with E-state index in [9.17, 15) is 0 Å². The van der Waals surface area contributed by atoms with Gasteiger partial charge < -0.3 is 0 Å². The van der Waals surface area contributed by atoms with Crippen LogP contribution < -0.4 is 0 Å². The fraction of sp³-hybridized carbons (Fsp3) is 0.800. The number of halogens is 1. The van der Waals surface area contributed by atoms with Crippen molar-refractivity contribution in [1.82, 2.24) is 0 Å². The highest BCUT2D eigenvalue weighted by molar-refractivity contribution is 6.21. The van der Waals surface area contributed by atoms with Crippen LogP contribution in [0.25, 0.3) is 0 Å². The largest absolute Gasteiger partial charge is 0.119 e. The molecule has 0 saturated carbocycles.